The lowest BCUT2D eigenvalue weighted by molar-refractivity contribution is -0.138. The van der Waals surface area contributed by atoms with Crippen LogP contribution in [0.1, 0.15) is 36.0 Å². The number of fused-ring (bicyclic) bond motifs is 1. The number of aryl methyl sites for hydroxylation is 1. The largest absolute Gasteiger partial charge is 0.493 e. The summed E-state index contributed by atoms with van der Waals surface area (Å²) in [5.41, 5.74) is 3.62. The number of hydrogen-bond donors (Lipinski definition) is 2. The number of aliphatic carboxylic acids is 2. The summed E-state index contributed by atoms with van der Waals surface area (Å²) in [6.07, 6.45) is 7.60. The smallest absolute Gasteiger partial charge is 0.323 e. The molecular formula is C31H30ClNO6. The first-order valence-corrected chi connectivity index (χ1v) is 13.1. The first kappa shape index (κ1) is 27.8. The zero-order valence-electron chi connectivity index (χ0n) is 21.4. The van der Waals surface area contributed by atoms with Crippen LogP contribution in [0.3, 0.4) is 0 Å². The van der Waals surface area contributed by atoms with Crippen LogP contribution < -0.4 is 9.47 Å². The van der Waals surface area contributed by atoms with Crippen LogP contribution in [-0.4, -0.2) is 39.9 Å². The summed E-state index contributed by atoms with van der Waals surface area (Å²) in [6, 6.07) is 20.9. The monoisotopic (exact) mass is 547 g/mol. The van der Waals surface area contributed by atoms with Crippen LogP contribution in [0.5, 0.6) is 11.5 Å². The minimum atomic E-state index is -0.936. The van der Waals surface area contributed by atoms with E-state index >= 15 is 0 Å². The van der Waals surface area contributed by atoms with Crippen molar-refractivity contribution < 1.29 is 29.3 Å². The zero-order chi connectivity index (χ0) is 27.6. The van der Waals surface area contributed by atoms with Gasteiger partial charge >= 0.3 is 11.9 Å². The van der Waals surface area contributed by atoms with Crippen LogP contribution in [0.15, 0.2) is 72.9 Å². The number of ether oxygens (including phenoxy) is 2. The molecule has 8 heteroatoms. The Labute approximate surface area is 231 Å². The van der Waals surface area contributed by atoms with E-state index in [0.717, 1.165) is 33.3 Å². The fourth-order valence-corrected chi connectivity index (χ4v) is 4.54. The van der Waals surface area contributed by atoms with Crippen molar-refractivity contribution in [2.45, 2.75) is 32.2 Å². The highest BCUT2D eigenvalue weighted by Crippen LogP contribution is 2.28. The number of carbonyl (C=O) groups is 2. The van der Waals surface area contributed by atoms with Crippen molar-refractivity contribution in [3.8, 4) is 11.5 Å². The lowest BCUT2D eigenvalue weighted by atomic mass is 10.0. The third-order valence-corrected chi connectivity index (χ3v) is 6.45. The minimum absolute atomic E-state index is 0.0707. The molecule has 0 aliphatic heterocycles. The van der Waals surface area contributed by atoms with E-state index in [0.29, 0.717) is 43.2 Å². The van der Waals surface area contributed by atoms with Crippen molar-refractivity contribution in [3.63, 3.8) is 0 Å². The van der Waals surface area contributed by atoms with Gasteiger partial charge in [0, 0.05) is 24.4 Å². The van der Waals surface area contributed by atoms with Crippen molar-refractivity contribution >= 4 is 46.6 Å². The molecule has 202 valence electrons. The number of carboxylic acids is 2. The molecule has 1 aromatic heterocycles. The molecule has 0 atom stereocenters. The number of para-hydroxylation sites is 2. The summed E-state index contributed by atoms with van der Waals surface area (Å²) in [4.78, 5) is 22.4. The highest BCUT2D eigenvalue weighted by Gasteiger charge is 2.13. The summed E-state index contributed by atoms with van der Waals surface area (Å²) < 4.78 is 13.2. The van der Waals surface area contributed by atoms with Gasteiger partial charge < -0.3 is 24.3 Å². The molecule has 1 heterocycles. The van der Waals surface area contributed by atoms with Gasteiger partial charge in [-0.05, 0) is 53.8 Å². The molecule has 4 rings (SSSR count). The molecule has 0 unspecified atom stereocenters. The SMILES string of the molecule is O=C(O)CCCc1cn(CC(=O)O)c2c(/C=C/c3ccc(OCCCOc4ccccc4Cl)cc3)cccc12. The Bertz CT molecular complexity index is 1460. The molecule has 0 amide bonds. The van der Waals surface area contributed by atoms with Gasteiger partial charge in [0.2, 0.25) is 0 Å². The Morgan fingerprint density at radius 2 is 1.62 bits per heavy atom. The zero-order valence-corrected chi connectivity index (χ0v) is 22.1. The van der Waals surface area contributed by atoms with Crippen LogP contribution in [0.2, 0.25) is 5.02 Å². The molecule has 0 radical (unpaired) electrons. The van der Waals surface area contributed by atoms with Crippen molar-refractivity contribution in [3.05, 3.63) is 94.6 Å². The molecule has 0 bridgehead atoms. The lowest BCUT2D eigenvalue weighted by Crippen LogP contribution is -2.07. The van der Waals surface area contributed by atoms with Gasteiger partial charge in [-0.15, -0.1) is 0 Å². The van der Waals surface area contributed by atoms with Crippen LogP contribution >= 0.6 is 11.6 Å². The molecule has 0 saturated heterocycles. The van der Waals surface area contributed by atoms with Crippen molar-refractivity contribution in [2.75, 3.05) is 13.2 Å². The van der Waals surface area contributed by atoms with Gasteiger partial charge in [-0.3, -0.25) is 9.59 Å². The quantitative estimate of drug-likeness (QED) is 0.133. The predicted octanol–water partition coefficient (Wildman–Crippen LogP) is 6.80. The Morgan fingerprint density at radius 1 is 0.846 bits per heavy atom. The Balaban J connectivity index is 1.39. The van der Waals surface area contributed by atoms with E-state index in [1.807, 2.05) is 79.0 Å². The Hall–Kier alpha value is -4.23. The van der Waals surface area contributed by atoms with Crippen LogP contribution in [0.4, 0.5) is 0 Å². The fourth-order valence-electron chi connectivity index (χ4n) is 4.35. The molecule has 4 aromatic rings. The highest BCUT2D eigenvalue weighted by molar-refractivity contribution is 6.32. The highest BCUT2D eigenvalue weighted by atomic mass is 35.5. The average Bonchev–Trinajstić information content (AvgIpc) is 3.26. The van der Waals surface area contributed by atoms with Gasteiger partial charge in [0.05, 0.1) is 23.8 Å². The summed E-state index contributed by atoms with van der Waals surface area (Å²) in [7, 11) is 0. The first-order chi connectivity index (χ1) is 18.9. The third-order valence-electron chi connectivity index (χ3n) is 6.14. The van der Waals surface area contributed by atoms with E-state index < -0.39 is 11.9 Å². The molecule has 39 heavy (non-hydrogen) atoms. The molecule has 0 fully saturated rings. The van der Waals surface area contributed by atoms with E-state index in [1.165, 1.54) is 0 Å². The van der Waals surface area contributed by atoms with Crippen LogP contribution in [0.25, 0.3) is 23.1 Å². The second-order valence-electron chi connectivity index (χ2n) is 9.05. The van der Waals surface area contributed by atoms with Crippen molar-refractivity contribution in [1.29, 1.82) is 0 Å². The predicted molar refractivity (Wildman–Crippen MR) is 153 cm³/mol. The first-order valence-electron chi connectivity index (χ1n) is 12.7. The standard InChI is InChI=1S/C31H30ClNO6/c32-27-9-1-2-10-28(27)39-19-5-18-38-25-16-13-22(14-17-25)12-15-23-6-3-8-26-24(7-4-11-29(34)35)20-33(31(23)26)21-30(36)37/h1-3,6,8-10,12-17,20H,4-5,7,11,18-19,21H2,(H,34,35)(H,36,37)/b15-12+. The van der Waals surface area contributed by atoms with Crippen LogP contribution in [-0.2, 0) is 22.6 Å². The van der Waals surface area contributed by atoms with Gasteiger partial charge in [-0.1, -0.05) is 66.2 Å². The Kier molecular flexibility index (Phi) is 9.64. The maximum Gasteiger partial charge on any atom is 0.323 e. The van der Waals surface area contributed by atoms with Crippen LogP contribution in [0, 0.1) is 0 Å². The molecule has 0 spiro atoms. The van der Waals surface area contributed by atoms with Gasteiger partial charge in [-0.25, -0.2) is 0 Å². The molecule has 7 nitrogen and oxygen atoms in total. The number of hydrogen-bond acceptors (Lipinski definition) is 4. The van der Waals surface area contributed by atoms with Gasteiger partial charge in [0.15, 0.2) is 0 Å². The summed E-state index contributed by atoms with van der Waals surface area (Å²) in [5, 5.41) is 19.9. The topological polar surface area (TPSA) is 98.0 Å². The molecule has 0 saturated carbocycles. The molecule has 0 aliphatic rings. The third kappa shape index (κ3) is 7.88. The van der Waals surface area contributed by atoms with Gasteiger partial charge in [-0.2, -0.15) is 0 Å². The number of carboxylic acid groups (broad SMARTS) is 2. The maximum atomic E-state index is 11.5. The van der Waals surface area contributed by atoms with Gasteiger partial charge in [0.25, 0.3) is 0 Å². The van der Waals surface area contributed by atoms with E-state index in [2.05, 4.69) is 0 Å². The normalized spacial score (nSPS) is 11.2. The number of nitrogens with zero attached hydrogens (tertiary/aromatic N) is 1. The van der Waals surface area contributed by atoms with Crippen molar-refractivity contribution in [2.24, 2.45) is 0 Å². The van der Waals surface area contributed by atoms with Crippen molar-refractivity contribution in [1.82, 2.24) is 4.57 Å². The van der Waals surface area contributed by atoms with Gasteiger partial charge in [0.1, 0.15) is 18.0 Å². The summed E-state index contributed by atoms with van der Waals surface area (Å²) >= 11 is 6.09. The van der Waals surface area contributed by atoms with E-state index in [9.17, 15) is 14.7 Å². The summed E-state index contributed by atoms with van der Waals surface area (Å²) in [6.45, 7) is 0.841. The molecular weight excluding hydrogens is 518 g/mol. The van der Waals surface area contributed by atoms with E-state index in [-0.39, 0.29) is 13.0 Å². The average molecular weight is 548 g/mol. The molecule has 0 aliphatic carbocycles. The van der Waals surface area contributed by atoms with E-state index in [4.69, 9.17) is 26.2 Å². The number of benzene rings is 3. The maximum absolute atomic E-state index is 11.5. The second kappa shape index (κ2) is 13.5. The molecule has 2 N–H and O–H groups in total. The molecule has 3 aromatic carbocycles. The minimum Gasteiger partial charge on any atom is -0.493 e. The number of halogens is 1. The Morgan fingerprint density at radius 3 is 2.36 bits per heavy atom. The van der Waals surface area contributed by atoms with E-state index in [1.54, 1.807) is 10.6 Å². The summed E-state index contributed by atoms with van der Waals surface area (Å²) in [5.74, 6) is -0.357. The fraction of sp³-hybridized carbons (Fsp3) is 0.226. The number of rotatable bonds is 14. The second-order valence-corrected chi connectivity index (χ2v) is 9.46. The number of aromatic nitrogens is 1. The lowest BCUT2D eigenvalue weighted by Gasteiger charge is -2.09.